The standard InChI is InChI=1S/C13H18N2O3/c1-8-2-3-9(7-14-8)15-13(18)11-5-4-10(16)6-12(11)17/h4-6,8-9,14,16-17H,2-3,7H2,1H3,(H,15,18). The molecule has 1 fully saturated rings. The maximum atomic E-state index is 11.9. The van der Waals surface area contributed by atoms with E-state index in [0.29, 0.717) is 6.04 Å². The van der Waals surface area contributed by atoms with Crippen molar-refractivity contribution in [3.8, 4) is 11.5 Å². The zero-order valence-corrected chi connectivity index (χ0v) is 10.3. The number of rotatable bonds is 2. The monoisotopic (exact) mass is 250 g/mol. The van der Waals surface area contributed by atoms with Crippen molar-refractivity contribution in [1.29, 1.82) is 0 Å². The van der Waals surface area contributed by atoms with Crippen molar-refractivity contribution in [3.05, 3.63) is 23.8 Å². The third-order valence-corrected chi connectivity index (χ3v) is 3.22. The van der Waals surface area contributed by atoms with Gasteiger partial charge in [0.25, 0.3) is 5.91 Å². The highest BCUT2D eigenvalue weighted by Gasteiger charge is 2.20. The van der Waals surface area contributed by atoms with Crippen LogP contribution in [0.2, 0.25) is 0 Å². The number of phenols is 2. The molecule has 1 aromatic rings. The highest BCUT2D eigenvalue weighted by Crippen LogP contribution is 2.22. The van der Waals surface area contributed by atoms with Gasteiger partial charge in [-0.05, 0) is 31.9 Å². The van der Waals surface area contributed by atoms with E-state index in [1.165, 1.54) is 12.1 Å². The molecule has 0 spiro atoms. The topological polar surface area (TPSA) is 81.6 Å². The maximum Gasteiger partial charge on any atom is 0.255 e. The predicted octanol–water partition coefficient (Wildman–Crippen LogP) is 0.968. The van der Waals surface area contributed by atoms with Gasteiger partial charge in [-0.25, -0.2) is 0 Å². The molecule has 1 saturated heterocycles. The molecule has 18 heavy (non-hydrogen) atoms. The summed E-state index contributed by atoms with van der Waals surface area (Å²) in [6.45, 7) is 2.86. The van der Waals surface area contributed by atoms with Gasteiger partial charge in [-0.15, -0.1) is 0 Å². The second kappa shape index (κ2) is 5.27. The second-order valence-electron chi connectivity index (χ2n) is 4.76. The Morgan fingerprint density at radius 2 is 2.17 bits per heavy atom. The lowest BCUT2D eigenvalue weighted by atomic mass is 10.0. The lowest BCUT2D eigenvalue weighted by Crippen LogP contribution is -2.48. The third-order valence-electron chi connectivity index (χ3n) is 3.22. The van der Waals surface area contributed by atoms with Crippen LogP contribution in [0.4, 0.5) is 0 Å². The fourth-order valence-corrected chi connectivity index (χ4v) is 2.10. The minimum Gasteiger partial charge on any atom is -0.508 e. The van der Waals surface area contributed by atoms with E-state index >= 15 is 0 Å². The van der Waals surface area contributed by atoms with Crippen LogP contribution >= 0.6 is 0 Å². The predicted molar refractivity (Wildman–Crippen MR) is 67.7 cm³/mol. The van der Waals surface area contributed by atoms with Crippen molar-refractivity contribution < 1.29 is 15.0 Å². The van der Waals surface area contributed by atoms with E-state index < -0.39 is 0 Å². The van der Waals surface area contributed by atoms with E-state index in [-0.39, 0.29) is 29.0 Å². The number of aromatic hydroxyl groups is 2. The molecular weight excluding hydrogens is 232 g/mol. The van der Waals surface area contributed by atoms with Crippen LogP contribution in [0.1, 0.15) is 30.1 Å². The van der Waals surface area contributed by atoms with Gasteiger partial charge in [-0.3, -0.25) is 4.79 Å². The van der Waals surface area contributed by atoms with E-state index in [1.807, 2.05) is 0 Å². The highest BCUT2D eigenvalue weighted by atomic mass is 16.3. The zero-order chi connectivity index (χ0) is 13.1. The van der Waals surface area contributed by atoms with Crippen LogP contribution in [-0.4, -0.2) is 34.7 Å². The summed E-state index contributed by atoms with van der Waals surface area (Å²) in [5, 5.41) is 24.9. The average molecular weight is 250 g/mol. The molecule has 1 heterocycles. The van der Waals surface area contributed by atoms with E-state index in [1.54, 1.807) is 0 Å². The van der Waals surface area contributed by atoms with Gasteiger partial charge < -0.3 is 20.8 Å². The lowest BCUT2D eigenvalue weighted by molar-refractivity contribution is 0.0925. The summed E-state index contributed by atoms with van der Waals surface area (Å²) in [7, 11) is 0. The molecule has 5 heteroatoms. The molecule has 1 amide bonds. The van der Waals surface area contributed by atoms with Crippen LogP contribution < -0.4 is 10.6 Å². The van der Waals surface area contributed by atoms with Gasteiger partial charge >= 0.3 is 0 Å². The number of amides is 1. The molecule has 0 bridgehead atoms. The van der Waals surface area contributed by atoms with Crippen LogP contribution in [0.5, 0.6) is 11.5 Å². The van der Waals surface area contributed by atoms with Crippen LogP contribution in [-0.2, 0) is 0 Å². The Morgan fingerprint density at radius 1 is 1.39 bits per heavy atom. The number of benzene rings is 1. The van der Waals surface area contributed by atoms with Crippen LogP contribution in [0, 0.1) is 0 Å². The van der Waals surface area contributed by atoms with Crippen molar-refractivity contribution in [2.24, 2.45) is 0 Å². The van der Waals surface area contributed by atoms with Gasteiger partial charge in [0, 0.05) is 24.7 Å². The van der Waals surface area contributed by atoms with Gasteiger partial charge in [-0.1, -0.05) is 0 Å². The maximum absolute atomic E-state index is 11.9. The molecule has 1 aromatic carbocycles. The molecule has 2 rings (SSSR count). The molecule has 5 nitrogen and oxygen atoms in total. The number of piperidine rings is 1. The normalized spacial score (nSPS) is 23.6. The van der Waals surface area contributed by atoms with E-state index in [0.717, 1.165) is 25.5 Å². The first kappa shape index (κ1) is 12.7. The molecule has 0 aliphatic carbocycles. The lowest BCUT2D eigenvalue weighted by Gasteiger charge is -2.28. The fourth-order valence-electron chi connectivity index (χ4n) is 2.10. The zero-order valence-electron chi connectivity index (χ0n) is 10.3. The van der Waals surface area contributed by atoms with Gasteiger partial charge in [0.15, 0.2) is 0 Å². The molecule has 1 aliphatic heterocycles. The molecule has 0 saturated carbocycles. The summed E-state index contributed by atoms with van der Waals surface area (Å²) >= 11 is 0. The van der Waals surface area contributed by atoms with Crippen molar-refractivity contribution in [2.45, 2.75) is 31.8 Å². The van der Waals surface area contributed by atoms with E-state index in [9.17, 15) is 9.90 Å². The smallest absolute Gasteiger partial charge is 0.255 e. The third kappa shape index (κ3) is 2.92. The molecule has 1 aliphatic rings. The minimum absolute atomic E-state index is 0.0581. The Bertz CT molecular complexity index is 440. The molecule has 4 N–H and O–H groups in total. The number of hydrogen-bond acceptors (Lipinski definition) is 4. The van der Waals surface area contributed by atoms with E-state index in [4.69, 9.17) is 5.11 Å². The molecule has 2 atom stereocenters. The first-order chi connectivity index (χ1) is 8.56. The van der Waals surface area contributed by atoms with Crippen molar-refractivity contribution in [1.82, 2.24) is 10.6 Å². The van der Waals surface area contributed by atoms with Crippen LogP contribution in [0.15, 0.2) is 18.2 Å². The molecule has 2 unspecified atom stereocenters. The van der Waals surface area contributed by atoms with Gasteiger partial charge in [-0.2, -0.15) is 0 Å². The molecule has 0 aromatic heterocycles. The Kier molecular flexibility index (Phi) is 3.72. The quantitative estimate of drug-likeness (QED) is 0.630. The number of phenolic OH excluding ortho intramolecular Hbond substituents is 2. The summed E-state index contributed by atoms with van der Waals surface area (Å²) in [6.07, 6.45) is 1.95. The number of hydrogen-bond donors (Lipinski definition) is 4. The summed E-state index contributed by atoms with van der Waals surface area (Å²) in [4.78, 5) is 11.9. The van der Waals surface area contributed by atoms with Crippen molar-refractivity contribution in [2.75, 3.05) is 6.54 Å². The summed E-state index contributed by atoms with van der Waals surface area (Å²) in [6, 6.07) is 4.53. The fraction of sp³-hybridized carbons (Fsp3) is 0.462. The van der Waals surface area contributed by atoms with Gasteiger partial charge in [0.05, 0.1) is 5.56 Å². The molecule has 98 valence electrons. The first-order valence-corrected chi connectivity index (χ1v) is 6.12. The molecule has 0 radical (unpaired) electrons. The van der Waals surface area contributed by atoms with Crippen molar-refractivity contribution in [3.63, 3.8) is 0 Å². The Labute approximate surface area is 106 Å². The Hall–Kier alpha value is -1.75. The second-order valence-corrected chi connectivity index (χ2v) is 4.76. The Morgan fingerprint density at radius 3 is 2.78 bits per heavy atom. The summed E-state index contributed by atoms with van der Waals surface area (Å²) in [5.41, 5.74) is 0.187. The van der Waals surface area contributed by atoms with Crippen molar-refractivity contribution >= 4 is 5.91 Å². The van der Waals surface area contributed by atoms with Crippen LogP contribution in [0.25, 0.3) is 0 Å². The number of nitrogens with one attached hydrogen (secondary N) is 2. The average Bonchev–Trinajstić information content (AvgIpc) is 2.32. The van der Waals surface area contributed by atoms with E-state index in [2.05, 4.69) is 17.6 Å². The first-order valence-electron chi connectivity index (χ1n) is 6.12. The largest absolute Gasteiger partial charge is 0.508 e. The van der Waals surface area contributed by atoms with Gasteiger partial charge in [0.2, 0.25) is 0 Å². The van der Waals surface area contributed by atoms with Gasteiger partial charge in [0.1, 0.15) is 11.5 Å². The minimum atomic E-state index is -0.311. The number of carbonyl (C=O) groups excluding carboxylic acids is 1. The number of carbonyl (C=O) groups is 1. The Balaban J connectivity index is 1.99. The van der Waals surface area contributed by atoms with Crippen LogP contribution in [0.3, 0.4) is 0 Å². The molecular formula is C13H18N2O3. The highest BCUT2D eigenvalue weighted by molar-refractivity contribution is 5.97. The summed E-state index contributed by atoms with van der Waals surface area (Å²) in [5.74, 6) is -0.573. The summed E-state index contributed by atoms with van der Waals surface area (Å²) < 4.78 is 0. The SMILES string of the molecule is CC1CCC(NC(=O)c2ccc(O)cc2O)CN1.